The number of tetrazole rings is 1. The van der Waals surface area contributed by atoms with Crippen molar-refractivity contribution >= 4 is 11.3 Å². The number of hydrogen-bond donors (Lipinski definition) is 0. The number of thiophene rings is 1. The van der Waals surface area contributed by atoms with Gasteiger partial charge in [-0.2, -0.15) is 0 Å². The molecule has 148 valence electrons. The van der Waals surface area contributed by atoms with Gasteiger partial charge in [0, 0.05) is 37.1 Å². The molecule has 2 aliphatic rings. The van der Waals surface area contributed by atoms with E-state index in [1.165, 1.54) is 50.1 Å². The van der Waals surface area contributed by atoms with Crippen molar-refractivity contribution in [2.75, 3.05) is 26.2 Å². The molecule has 6 nitrogen and oxygen atoms in total. The van der Waals surface area contributed by atoms with Gasteiger partial charge in [0.1, 0.15) is 0 Å². The van der Waals surface area contributed by atoms with Crippen LogP contribution >= 0.6 is 11.3 Å². The van der Waals surface area contributed by atoms with Gasteiger partial charge >= 0.3 is 0 Å². The third-order valence-corrected chi connectivity index (χ3v) is 7.04. The van der Waals surface area contributed by atoms with Crippen molar-refractivity contribution in [3.8, 4) is 0 Å². The highest BCUT2D eigenvalue weighted by Gasteiger charge is 2.33. The predicted octanol–water partition coefficient (Wildman–Crippen LogP) is 3.43. The van der Waals surface area contributed by atoms with Crippen LogP contribution in [-0.4, -0.2) is 62.2 Å². The van der Waals surface area contributed by atoms with Crippen LogP contribution in [0.4, 0.5) is 0 Å². The molecule has 27 heavy (non-hydrogen) atoms. The Bertz CT molecular complexity index is 683. The van der Waals surface area contributed by atoms with E-state index in [1.54, 1.807) is 11.3 Å². The molecule has 3 heterocycles. The van der Waals surface area contributed by atoms with Crippen molar-refractivity contribution in [1.82, 2.24) is 30.0 Å². The molecule has 4 rings (SSSR count). The van der Waals surface area contributed by atoms with Gasteiger partial charge in [-0.3, -0.25) is 9.80 Å². The van der Waals surface area contributed by atoms with Crippen molar-refractivity contribution in [3.63, 3.8) is 0 Å². The van der Waals surface area contributed by atoms with Gasteiger partial charge < -0.3 is 0 Å². The van der Waals surface area contributed by atoms with Crippen LogP contribution in [0.3, 0.4) is 0 Å². The average molecular weight is 389 g/mol. The summed E-state index contributed by atoms with van der Waals surface area (Å²) in [7, 11) is 0. The highest BCUT2D eigenvalue weighted by atomic mass is 32.1. The van der Waals surface area contributed by atoms with Gasteiger partial charge in [-0.15, -0.1) is 16.4 Å². The van der Waals surface area contributed by atoms with E-state index in [1.807, 2.05) is 4.68 Å². The lowest BCUT2D eigenvalue weighted by Gasteiger charge is -2.43. The maximum absolute atomic E-state index is 4.45. The lowest BCUT2D eigenvalue weighted by atomic mass is 9.93. The minimum absolute atomic E-state index is 0.286. The molecule has 2 aromatic rings. The number of piperazine rings is 1. The fourth-order valence-corrected chi connectivity index (χ4v) is 5.48. The van der Waals surface area contributed by atoms with Gasteiger partial charge in [0.05, 0.1) is 12.6 Å². The molecule has 7 heteroatoms. The number of hydrogen-bond acceptors (Lipinski definition) is 6. The summed E-state index contributed by atoms with van der Waals surface area (Å²) in [6, 6.07) is 5.36. The molecule has 0 radical (unpaired) electrons. The smallest absolute Gasteiger partial charge is 0.169 e. The van der Waals surface area contributed by atoms with E-state index in [0.29, 0.717) is 5.92 Å². The van der Waals surface area contributed by atoms with Gasteiger partial charge in [-0.05, 0) is 40.6 Å². The number of nitrogens with zero attached hydrogens (tertiary/aromatic N) is 6. The zero-order chi connectivity index (χ0) is 18.6. The second-order valence-corrected chi connectivity index (χ2v) is 9.36. The van der Waals surface area contributed by atoms with Crippen LogP contribution in [0.15, 0.2) is 17.5 Å². The number of aromatic nitrogens is 4. The first-order valence-electron chi connectivity index (χ1n) is 10.5. The summed E-state index contributed by atoms with van der Waals surface area (Å²) in [6.45, 7) is 9.95. The Hall–Kier alpha value is -1.31. The summed E-state index contributed by atoms with van der Waals surface area (Å²) in [4.78, 5) is 6.65. The summed E-state index contributed by atoms with van der Waals surface area (Å²) in [5.74, 6) is 1.50. The van der Waals surface area contributed by atoms with Gasteiger partial charge in [0.25, 0.3) is 0 Å². The molecule has 0 spiro atoms. The van der Waals surface area contributed by atoms with Crippen molar-refractivity contribution in [1.29, 1.82) is 0 Å². The summed E-state index contributed by atoms with van der Waals surface area (Å²) < 4.78 is 2.00. The van der Waals surface area contributed by atoms with Gasteiger partial charge in [0.2, 0.25) is 0 Å². The zero-order valence-electron chi connectivity index (χ0n) is 16.6. The Morgan fingerprint density at radius 2 is 1.89 bits per heavy atom. The minimum Gasteiger partial charge on any atom is -0.298 e. The molecular weight excluding hydrogens is 356 g/mol. The fourth-order valence-electron chi connectivity index (χ4n) is 4.80. The molecule has 1 atom stereocenters. The Kier molecular flexibility index (Phi) is 6.20. The average Bonchev–Trinajstić information content (AvgIpc) is 3.36. The number of rotatable bonds is 6. The second-order valence-electron chi connectivity index (χ2n) is 8.33. The topological polar surface area (TPSA) is 50.1 Å². The Morgan fingerprint density at radius 3 is 2.56 bits per heavy atom. The molecular formula is C20H32N6S. The Morgan fingerprint density at radius 1 is 1.11 bits per heavy atom. The van der Waals surface area contributed by atoms with Crippen molar-refractivity contribution < 1.29 is 0 Å². The standard InChI is InChI=1S/C20H32N6S/c1-16(2)19(20-21-22-23-26(20)15-18-9-6-14-27-18)25-12-10-24(11-13-25)17-7-4-3-5-8-17/h6,9,14,16-17,19H,3-5,7-8,10-13,15H2,1-2H3. The third-order valence-electron chi connectivity index (χ3n) is 6.17. The van der Waals surface area contributed by atoms with Crippen molar-refractivity contribution in [3.05, 3.63) is 28.2 Å². The molecule has 1 saturated carbocycles. The monoisotopic (exact) mass is 388 g/mol. The lowest BCUT2D eigenvalue weighted by molar-refractivity contribution is 0.0394. The molecule has 1 unspecified atom stereocenters. The first-order chi connectivity index (χ1) is 13.2. The first-order valence-corrected chi connectivity index (χ1v) is 11.4. The Labute approximate surface area is 166 Å². The summed E-state index contributed by atoms with van der Waals surface area (Å²) >= 11 is 1.76. The normalized spacial score (nSPS) is 21.7. The van der Waals surface area contributed by atoms with E-state index in [0.717, 1.165) is 31.5 Å². The molecule has 1 saturated heterocycles. The summed E-state index contributed by atoms with van der Waals surface area (Å²) in [6.07, 6.45) is 7.05. The first kappa shape index (κ1) is 19.0. The molecule has 0 N–H and O–H groups in total. The molecule has 1 aliphatic carbocycles. The molecule has 0 amide bonds. The molecule has 2 aromatic heterocycles. The van der Waals surface area contributed by atoms with E-state index < -0.39 is 0 Å². The van der Waals surface area contributed by atoms with Crippen LogP contribution in [0.2, 0.25) is 0 Å². The van der Waals surface area contributed by atoms with Gasteiger partial charge in [-0.25, -0.2) is 4.68 Å². The van der Waals surface area contributed by atoms with E-state index in [9.17, 15) is 0 Å². The van der Waals surface area contributed by atoms with E-state index in [-0.39, 0.29) is 6.04 Å². The van der Waals surface area contributed by atoms with Crippen LogP contribution in [0, 0.1) is 5.92 Å². The van der Waals surface area contributed by atoms with E-state index in [4.69, 9.17) is 0 Å². The maximum atomic E-state index is 4.45. The predicted molar refractivity (Wildman–Crippen MR) is 109 cm³/mol. The van der Waals surface area contributed by atoms with Gasteiger partial charge in [-0.1, -0.05) is 39.2 Å². The van der Waals surface area contributed by atoms with Crippen molar-refractivity contribution in [2.24, 2.45) is 5.92 Å². The molecule has 1 aliphatic heterocycles. The zero-order valence-corrected chi connectivity index (χ0v) is 17.4. The third kappa shape index (κ3) is 4.41. The van der Waals surface area contributed by atoms with Crippen LogP contribution in [0.25, 0.3) is 0 Å². The highest BCUT2D eigenvalue weighted by molar-refractivity contribution is 7.09. The second kappa shape index (κ2) is 8.80. The van der Waals surface area contributed by atoms with E-state index >= 15 is 0 Å². The SMILES string of the molecule is CC(C)C(c1nnnn1Cc1cccs1)N1CCN(C2CCCCC2)CC1. The van der Waals surface area contributed by atoms with Crippen LogP contribution in [0.1, 0.15) is 62.7 Å². The van der Waals surface area contributed by atoms with Gasteiger partial charge in [0.15, 0.2) is 5.82 Å². The van der Waals surface area contributed by atoms with Crippen LogP contribution in [-0.2, 0) is 6.54 Å². The summed E-state index contributed by atoms with van der Waals surface area (Å²) in [5, 5.41) is 14.9. The highest BCUT2D eigenvalue weighted by Crippen LogP contribution is 2.30. The maximum Gasteiger partial charge on any atom is 0.169 e. The fraction of sp³-hybridized carbons (Fsp3) is 0.750. The van der Waals surface area contributed by atoms with Crippen LogP contribution in [0.5, 0.6) is 0 Å². The summed E-state index contributed by atoms with van der Waals surface area (Å²) in [5.41, 5.74) is 0. The molecule has 0 bridgehead atoms. The largest absolute Gasteiger partial charge is 0.298 e. The Balaban J connectivity index is 1.44. The van der Waals surface area contributed by atoms with E-state index in [2.05, 4.69) is 56.7 Å². The van der Waals surface area contributed by atoms with Crippen LogP contribution < -0.4 is 0 Å². The minimum atomic E-state index is 0.286. The lowest BCUT2D eigenvalue weighted by Crippen LogP contribution is -2.52. The van der Waals surface area contributed by atoms with Crippen molar-refractivity contribution in [2.45, 2.75) is 64.6 Å². The molecule has 2 fully saturated rings. The quantitative estimate of drug-likeness (QED) is 0.759. The molecule has 0 aromatic carbocycles.